The molecule has 0 spiro atoms. The third kappa shape index (κ3) is 6.15. The Morgan fingerprint density at radius 1 is 0.878 bits per heavy atom. The number of tetrazole rings is 1. The summed E-state index contributed by atoms with van der Waals surface area (Å²) in [6, 6.07) is 24.8. The molecule has 0 amide bonds. The van der Waals surface area contributed by atoms with Crippen molar-refractivity contribution >= 4 is 10.9 Å². The van der Waals surface area contributed by atoms with Crippen LogP contribution < -0.4 is 5.56 Å². The number of nitrogens with one attached hydrogen (secondary N) is 1. The highest BCUT2D eigenvalue weighted by Gasteiger charge is 2.33. The zero-order valence-electron chi connectivity index (χ0n) is 25.1. The second-order valence-electron chi connectivity index (χ2n) is 12.4. The number of aromatic nitrogens is 5. The molecule has 0 aliphatic rings. The van der Waals surface area contributed by atoms with Crippen LogP contribution in [-0.4, -0.2) is 30.1 Å². The average molecular weight is 549 g/mol. The van der Waals surface area contributed by atoms with Crippen LogP contribution in [0.2, 0.25) is 0 Å². The van der Waals surface area contributed by atoms with E-state index in [1.165, 1.54) is 11.1 Å². The monoisotopic (exact) mass is 548 g/mol. The van der Waals surface area contributed by atoms with E-state index in [2.05, 4.69) is 116 Å². The number of aromatic amines is 1. The highest BCUT2D eigenvalue weighted by atomic mass is 16.1. The van der Waals surface area contributed by atoms with Crippen LogP contribution in [0, 0.1) is 13.8 Å². The number of benzene rings is 3. The summed E-state index contributed by atoms with van der Waals surface area (Å²) in [5.74, 6) is 1.10. The molecule has 1 N–H and O–H groups in total. The molecule has 3 aromatic carbocycles. The molecule has 2 heterocycles. The lowest BCUT2D eigenvalue weighted by Crippen LogP contribution is -2.37. The van der Waals surface area contributed by atoms with Crippen molar-refractivity contribution in [3.8, 4) is 0 Å². The quantitative estimate of drug-likeness (QED) is 0.231. The van der Waals surface area contributed by atoms with Crippen LogP contribution in [0.5, 0.6) is 0 Å². The third-order valence-electron chi connectivity index (χ3n) is 7.78. The number of H-pyrrole nitrogens is 1. The number of pyridine rings is 1. The second kappa shape index (κ2) is 11.4. The first-order valence-electron chi connectivity index (χ1n) is 14.3. The topological polar surface area (TPSA) is 79.7 Å². The Bertz CT molecular complexity index is 1690. The summed E-state index contributed by atoms with van der Waals surface area (Å²) in [6.45, 7) is 16.0. The van der Waals surface area contributed by atoms with Crippen LogP contribution in [0.1, 0.15) is 85.8 Å². The van der Waals surface area contributed by atoms with Gasteiger partial charge in [0.05, 0.1) is 5.54 Å². The van der Waals surface area contributed by atoms with Crippen LogP contribution in [0.25, 0.3) is 10.9 Å². The van der Waals surface area contributed by atoms with Gasteiger partial charge in [0.1, 0.15) is 6.04 Å². The van der Waals surface area contributed by atoms with Gasteiger partial charge >= 0.3 is 0 Å². The summed E-state index contributed by atoms with van der Waals surface area (Å²) in [4.78, 5) is 19.4. The van der Waals surface area contributed by atoms with Crippen molar-refractivity contribution in [3.05, 3.63) is 122 Å². The van der Waals surface area contributed by atoms with Crippen LogP contribution in [-0.2, 0) is 18.6 Å². The maximum atomic E-state index is 13.9. The molecule has 0 radical (unpaired) electrons. The Balaban J connectivity index is 1.72. The number of rotatable bonds is 8. The van der Waals surface area contributed by atoms with Crippen molar-refractivity contribution in [2.75, 3.05) is 0 Å². The van der Waals surface area contributed by atoms with Gasteiger partial charge in [0.2, 0.25) is 0 Å². The molecule has 0 saturated heterocycles. The van der Waals surface area contributed by atoms with E-state index >= 15 is 0 Å². The zero-order valence-corrected chi connectivity index (χ0v) is 25.1. The summed E-state index contributed by atoms with van der Waals surface area (Å²) >= 11 is 0. The first kappa shape index (κ1) is 28.4. The van der Waals surface area contributed by atoms with Crippen LogP contribution in [0.15, 0.2) is 77.6 Å². The fourth-order valence-electron chi connectivity index (χ4n) is 5.34. The first-order chi connectivity index (χ1) is 19.5. The van der Waals surface area contributed by atoms with Gasteiger partial charge in [0, 0.05) is 24.2 Å². The van der Waals surface area contributed by atoms with Gasteiger partial charge < -0.3 is 4.98 Å². The lowest BCUT2D eigenvalue weighted by Gasteiger charge is -2.33. The van der Waals surface area contributed by atoms with Gasteiger partial charge in [-0.2, -0.15) is 0 Å². The van der Waals surface area contributed by atoms with E-state index in [-0.39, 0.29) is 11.1 Å². The van der Waals surface area contributed by atoms with E-state index in [1.54, 1.807) is 0 Å². The molecule has 1 atom stereocenters. The van der Waals surface area contributed by atoms with Gasteiger partial charge in [0.25, 0.3) is 5.56 Å². The minimum absolute atomic E-state index is 0.137. The molecule has 0 unspecified atom stereocenters. The van der Waals surface area contributed by atoms with Gasteiger partial charge in [-0.05, 0) is 102 Å². The summed E-state index contributed by atoms with van der Waals surface area (Å²) in [6.07, 6.45) is 0. The summed E-state index contributed by atoms with van der Waals surface area (Å²) in [5, 5.41) is 14.1. The second-order valence-corrected chi connectivity index (χ2v) is 12.4. The molecule has 0 bridgehead atoms. The molecular weight excluding hydrogens is 508 g/mol. The normalized spacial score (nSPS) is 12.9. The van der Waals surface area contributed by atoms with Gasteiger partial charge in [-0.1, -0.05) is 68.4 Å². The Hall–Kier alpha value is -4.10. The maximum Gasteiger partial charge on any atom is 0.253 e. The largest absolute Gasteiger partial charge is 0.322 e. The third-order valence-corrected chi connectivity index (χ3v) is 7.78. The van der Waals surface area contributed by atoms with Gasteiger partial charge in [-0.3, -0.25) is 9.69 Å². The summed E-state index contributed by atoms with van der Waals surface area (Å²) < 4.78 is 1.85. The standard InChI is InChI=1S/C34H40N6O/c1-22(2)27-15-13-26(14-16-27)21-39(20-25-11-9-8-10-12-25)31(32-36-37-38-40(32)34(5,6)7)29-19-28-17-23(3)24(4)18-30(28)35-33(29)41/h8-19,22,31H,20-21H2,1-7H3,(H,35,41)/t31-/m0/s1. The molecular formula is C34H40N6O. The minimum Gasteiger partial charge on any atom is -0.322 e. The fourth-order valence-corrected chi connectivity index (χ4v) is 5.34. The SMILES string of the molecule is Cc1cc2cc([C@@H](c3nnnn3C(C)(C)C)N(Cc3ccccc3)Cc3ccc(C(C)C)cc3)c(=O)[nH]c2cc1C. The van der Waals surface area contributed by atoms with Crippen LogP contribution >= 0.6 is 0 Å². The van der Waals surface area contributed by atoms with E-state index in [0.29, 0.717) is 30.4 Å². The molecule has 5 rings (SSSR count). The smallest absolute Gasteiger partial charge is 0.253 e. The van der Waals surface area contributed by atoms with E-state index in [4.69, 9.17) is 0 Å². The number of hydrogen-bond acceptors (Lipinski definition) is 5. The first-order valence-corrected chi connectivity index (χ1v) is 14.3. The number of aryl methyl sites for hydroxylation is 2. The van der Waals surface area contributed by atoms with Crippen LogP contribution in [0.3, 0.4) is 0 Å². The number of fused-ring (bicyclic) bond motifs is 1. The average Bonchev–Trinajstić information content (AvgIpc) is 3.41. The molecule has 0 aliphatic carbocycles. The number of hydrogen-bond donors (Lipinski definition) is 1. The van der Waals surface area contributed by atoms with E-state index < -0.39 is 6.04 Å². The Morgan fingerprint density at radius 3 is 2.15 bits per heavy atom. The molecule has 41 heavy (non-hydrogen) atoms. The predicted molar refractivity (Wildman–Crippen MR) is 165 cm³/mol. The molecule has 0 fully saturated rings. The number of nitrogens with zero attached hydrogens (tertiary/aromatic N) is 5. The molecule has 7 heteroatoms. The van der Waals surface area contributed by atoms with Gasteiger partial charge in [-0.25, -0.2) is 4.68 Å². The van der Waals surface area contributed by atoms with Crippen LogP contribution in [0.4, 0.5) is 0 Å². The van der Waals surface area contributed by atoms with E-state index in [1.807, 2.05) is 35.0 Å². The Kier molecular flexibility index (Phi) is 7.91. The van der Waals surface area contributed by atoms with E-state index in [9.17, 15) is 4.79 Å². The Morgan fingerprint density at radius 2 is 1.51 bits per heavy atom. The van der Waals surface area contributed by atoms with Gasteiger partial charge in [-0.15, -0.1) is 5.10 Å². The van der Waals surface area contributed by atoms with Crippen molar-refractivity contribution in [2.45, 2.75) is 79.1 Å². The van der Waals surface area contributed by atoms with Crippen molar-refractivity contribution in [1.82, 2.24) is 30.1 Å². The van der Waals surface area contributed by atoms with Crippen molar-refractivity contribution in [3.63, 3.8) is 0 Å². The molecule has 0 aliphatic heterocycles. The van der Waals surface area contributed by atoms with Gasteiger partial charge in [0.15, 0.2) is 5.82 Å². The lowest BCUT2D eigenvalue weighted by molar-refractivity contribution is 0.184. The van der Waals surface area contributed by atoms with E-state index in [0.717, 1.165) is 27.6 Å². The highest BCUT2D eigenvalue weighted by Crippen LogP contribution is 2.32. The molecule has 7 nitrogen and oxygen atoms in total. The Labute approximate surface area is 242 Å². The predicted octanol–water partition coefficient (Wildman–Crippen LogP) is 6.80. The lowest BCUT2D eigenvalue weighted by atomic mass is 9.98. The van der Waals surface area contributed by atoms with Crippen molar-refractivity contribution < 1.29 is 0 Å². The molecule has 2 aromatic heterocycles. The summed E-state index contributed by atoms with van der Waals surface area (Å²) in [7, 11) is 0. The zero-order chi connectivity index (χ0) is 29.3. The van der Waals surface area contributed by atoms with Crippen molar-refractivity contribution in [1.29, 1.82) is 0 Å². The highest BCUT2D eigenvalue weighted by molar-refractivity contribution is 5.81. The summed E-state index contributed by atoms with van der Waals surface area (Å²) in [5.41, 5.74) is 6.86. The molecule has 0 saturated carbocycles. The molecule has 212 valence electrons. The van der Waals surface area contributed by atoms with Crippen molar-refractivity contribution in [2.24, 2.45) is 0 Å². The maximum absolute atomic E-state index is 13.9. The molecule has 5 aromatic rings. The minimum atomic E-state index is -0.496. The fraction of sp³-hybridized carbons (Fsp3) is 0.353.